The van der Waals surface area contributed by atoms with Crippen LogP contribution in [0.5, 0.6) is 5.75 Å². The number of fused-ring (bicyclic) bond motifs is 1. The van der Waals surface area contributed by atoms with Crippen molar-refractivity contribution in [3.05, 3.63) is 60.9 Å². The Bertz CT molecular complexity index is 1390. The number of aromatic nitrogens is 2. The zero-order valence-electron chi connectivity index (χ0n) is 22.2. The van der Waals surface area contributed by atoms with Crippen molar-refractivity contribution in [3.63, 3.8) is 0 Å². The van der Waals surface area contributed by atoms with Gasteiger partial charge in [0.05, 0.1) is 18.6 Å². The summed E-state index contributed by atoms with van der Waals surface area (Å²) >= 11 is 0. The smallest absolute Gasteiger partial charge is 0.332 e. The summed E-state index contributed by atoms with van der Waals surface area (Å²) in [4.78, 5) is 21.1. The average Bonchev–Trinajstić information content (AvgIpc) is 3.52. The molecule has 1 N–H and O–H groups in total. The van der Waals surface area contributed by atoms with E-state index >= 15 is 0 Å². The summed E-state index contributed by atoms with van der Waals surface area (Å²) in [5.74, 6) is 1.88. The molecule has 4 aromatic rings. The van der Waals surface area contributed by atoms with Crippen LogP contribution < -0.4 is 10.1 Å². The van der Waals surface area contributed by atoms with Gasteiger partial charge in [-0.15, -0.1) is 0 Å². The fraction of sp³-hybridized carbons (Fsp3) is 0.367. The van der Waals surface area contributed by atoms with Crippen LogP contribution in [0.15, 0.2) is 65.3 Å². The molecule has 0 unspecified atom stereocenters. The first-order valence-corrected chi connectivity index (χ1v) is 12.9. The maximum atomic E-state index is 12.1. The quantitative estimate of drug-likeness (QED) is 0.275. The number of furan rings is 1. The zero-order chi connectivity index (χ0) is 26.7. The highest BCUT2D eigenvalue weighted by atomic mass is 16.6. The van der Waals surface area contributed by atoms with E-state index in [1.807, 2.05) is 75.4 Å². The Hall–Kier alpha value is -3.91. The summed E-state index contributed by atoms with van der Waals surface area (Å²) in [6, 6.07) is 18.0. The minimum Gasteiger partial charge on any atom is -0.497 e. The predicted molar refractivity (Wildman–Crippen MR) is 146 cm³/mol. The van der Waals surface area contributed by atoms with Crippen LogP contribution in [-0.2, 0) is 14.3 Å². The number of hydrogen-bond donors (Lipinski definition) is 1. The Balaban J connectivity index is 1.42. The van der Waals surface area contributed by atoms with E-state index < -0.39 is 5.60 Å². The molecule has 2 atom stereocenters. The second-order valence-corrected chi connectivity index (χ2v) is 10.5. The van der Waals surface area contributed by atoms with Gasteiger partial charge in [0.2, 0.25) is 5.71 Å². The van der Waals surface area contributed by atoms with Gasteiger partial charge in [-0.25, -0.2) is 14.8 Å². The number of carbonyl (C=O) groups is 1. The summed E-state index contributed by atoms with van der Waals surface area (Å²) in [6.07, 6.45) is 4.00. The number of hydrogen-bond acceptors (Lipinski definition) is 8. The van der Waals surface area contributed by atoms with E-state index in [0.29, 0.717) is 11.5 Å². The van der Waals surface area contributed by atoms with Gasteiger partial charge >= 0.3 is 5.97 Å². The lowest BCUT2D eigenvalue weighted by atomic mass is 9.99. The molecule has 1 fully saturated rings. The molecule has 1 saturated carbocycles. The Morgan fingerprint density at radius 1 is 1.03 bits per heavy atom. The molecule has 0 saturated heterocycles. The van der Waals surface area contributed by atoms with E-state index in [-0.39, 0.29) is 24.7 Å². The minimum atomic E-state index is -0.524. The number of ether oxygens (including phenoxy) is 3. The predicted octanol–water partition coefficient (Wildman–Crippen LogP) is 6.26. The molecule has 1 aliphatic rings. The molecule has 2 heterocycles. The van der Waals surface area contributed by atoms with E-state index in [0.717, 1.165) is 52.8 Å². The first-order chi connectivity index (χ1) is 18.3. The third kappa shape index (κ3) is 5.81. The van der Waals surface area contributed by atoms with Crippen LogP contribution in [0.2, 0.25) is 0 Å². The number of carbonyl (C=O) groups excluding carboxylic acids is 1. The SMILES string of the molecule is COc1ccc(-c2c(-c3ccccc3)oc3ncnc(N[C@H]4CC[C@@H](OCC(=O)OC(C)(C)C)C4)c23)cc1. The van der Waals surface area contributed by atoms with E-state index in [9.17, 15) is 4.79 Å². The third-order valence-electron chi connectivity index (χ3n) is 6.49. The number of nitrogens with one attached hydrogen (secondary N) is 1. The molecule has 1 aliphatic carbocycles. The van der Waals surface area contributed by atoms with E-state index in [1.54, 1.807) is 7.11 Å². The number of benzene rings is 2. The molecule has 0 amide bonds. The largest absolute Gasteiger partial charge is 0.497 e. The van der Waals surface area contributed by atoms with Gasteiger partial charge in [-0.05, 0) is 57.7 Å². The molecule has 8 nitrogen and oxygen atoms in total. The second kappa shape index (κ2) is 10.8. The molecule has 5 rings (SSSR count). The molecule has 0 aliphatic heterocycles. The first kappa shape index (κ1) is 25.7. The standard InChI is InChI=1S/C30H33N3O5/c1-30(2,3)38-24(34)17-36-23-15-12-21(16-23)33-28-26-25(19-10-13-22(35-4)14-11-19)27(20-8-6-5-7-9-20)37-29(26)32-18-31-28/h5-11,13-14,18,21,23H,12,15-17H2,1-4H3,(H,31,32,33)/t21-,23+/m0/s1. The normalized spacial score (nSPS) is 17.5. The minimum absolute atomic E-state index is 0.0253. The van der Waals surface area contributed by atoms with Gasteiger partial charge in [-0.3, -0.25) is 0 Å². The Morgan fingerprint density at radius 3 is 2.50 bits per heavy atom. The second-order valence-electron chi connectivity index (χ2n) is 10.5. The van der Waals surface area contributed by atoms with Crippen LogP contribution in [0.4, 0.5) is 5.82 Å². The van der Waals surface area contributed by atoms with Gasteiger partial charge in [0.15, 0.2) is 0 Å². The molecule has 0 radical (unpaired) electrons. The molecular weight excluding hydrogens is 482 g/mol. The van der Waals surface area contributed by atoms with E-state index in [1.165, 1.54) is 6.33 Å². The van der Waals surface area contributed by atoms with Crippen LogP contribution in [-0.4, -0.2) is 47.4 Å². The van der Waals surface area contributed by atoms with Crippen LogP contribution in [0, 0.1) is 0 Å². The fourth-order valence-corrected chi connectivity index (χ4v) is 4.84. The molecular formula is C30H33N3O5. The van der Waals surface area contributed by atoms with Crippen molar-refractivity contribution >= 4 is 22.9 Å². The van der Waals surface area contributed by atoms with E-state index in [2.05, 4.69) is 15.3 Å². The summed E-state index contributed by atoms with van der Waals surface area (Å²) in [5, 5.41) is 4.43. The van der Waals surface area contributed by atoms with Gasteiger partial charge < -0.3 is 23.9 Å². The molecule has 8 heteroatoms. The van der Waals surface area contributed by atoms with Crippen LogP contribution >= 0.6 is 0 Å². The summed E-state index contributed by atoms with van der Waals surface area (Å²) < 4.78 is 22.9. The Labute approximate surface area is 222 Å². The number of anilines is 1. The Kier molecular flexibility index (Phi) is 7.33. The summed E-state index contributed by atoms with van der Waals surface area (Å²) in [6.45, 7) is 5.50. The van der Waals surface area contributed by atoms with Crippen molar-refractivity contribution < 1.29 is 23.4 Å². The van der Waals surface area contributed by atoms with Gasteiger partial charge in [-0.2, -0.15) is 0 Å². The van der Waals surface area contributed by atoms with Gasteiger partial charge in [-0.1, -0.05) is 42.5 Å². The number of methoxy groups -OCH3 is 1. The fourth-order valence-electron chi connectivity index (χ4n) is 4.84. The number of nitrogens with zero attached hydrogens (tertiary/aromatic N) is 2. The van der Waals surface area contributed by atoms with Crippen LogP contribution in [0.1, 0.15) is 40.0 Å². The van der Waals surface area contributed by atoms with Crippen molar-refractivity contribution in [1.29, 1.82) is 0 Å². The maximum absolute atomic E-state index is 12.1. The topological polar surface area (TPSA) is 95.7 Å². The average molecular weight is 516 g/mol. The van der Waals surface area contributed by atoms with Crippen LogP contribution in [0.25, 0.3) is 33.6 Å². The highest BCUT2D eigenvalue weighted by molar-refractivity contribution is 6.05. The molecule has 38 heavy (non-hydrogen) atoms. The van der Waals surface area contributed by atoms with Crippen LogP contribution in [0.3, 0.4) is 0 Å². The van der Waals surface area contributed by atoms with Crippen molar-refractivity contribution in [2.45, 2.75) is 57.8 Å². The molecule has 2 aromatic carbocycles. The monoisotopic (exact) mass is 515 g/mol. The van der Waals surface area contributed by atoms with Gasteiger partial charge in [0.25, 0.3) is 0 Å². The van der Waals surface area contributed by atoms with Gasteiger partial charge in [0, 0.05) is 17.2 Å². The summed E-state index contributed by atoms with van der Waals surface area (Å²) in [7, 11) is 1.65. The maximum Gasteiger partial charge on any atom is 0.332 e. The third-order valence-corrected chi connectivity index (χ3v) is 6.49. The molecule has 0 bridgehead atoms. The van der Waals surface area contributed by atoms with Crippen molar-refractivity contribution in [2.24, 2.45) is 0 Å². The van der Waals surface area contributed by atoms with Crippen molar-refractivity contribution in [1.82, 2.24) is 9.97 Å². The van der Waals surface area contributed by atoms with E-state index in [4.69, 9.17) is 18.6 Å². The highest BCUT2D eigenvalue weighted by Crippen LogP contribution is 2.43. The summed E-state index contributed by atoms with van der Waals surface area (Å²) in [5.41, 5.74) is 2.85. The highest BCUT2D eigenvalue weighted by Gasteiger charge is 2.29. The number of rotatable bonds is 8. The Morgan fingerprint density at radius 2 is 1.79 bits per heavy atom. The lowest BCUT2D eigenvalue weighted by Gasteiger charge is -2.20. The molecule has 0 spiro atoms. The molecule has 2 aromatic heterocycles. The lowest BCUT2D eigenvalue weighted by molar-refractivity contribution is -0.162. The zero-order valence-corrected chi connectivity index (χ0v) is 22.2. The molecule has 198 valence electrons. The van der Waals surface area contributed by atoms with Gasteiger partial charge in [0.1, 0.15) is 35.9 Å². The van der Waals surface area contributed by atoms with Crippen molar-refractivity contribution in [2.75, 3.05) is 19.0 Å². The first-order valence-electron chi connectivity index (χ1n) is 12.9. The lowest BCUT2D eigenvalue weighted by Crippen LogP contribution is -2.28. The van der Waals surface area contributed by atoms with Crippen molar-refractivity contribution in [3.8, 4) is 28.2 Å². The number of esters is 1.